The van der Waals surface area contributed by atoms with E-state index < -0.39 is 5.97 Å². The summed E-state index contributed by atoms with van der Waals surface area (Å²) in [7, 11) is 0. The first-order valence-corrected chi connectivity index (χ1v) is 6.56. The zero-order valence-electron chi connectivity index (χ0n) is 11.7. The van der Waals surface area contributed by atoms with E-state index in [1.807, 2.05) is 0 Å². The van der Waals surface area contributed by atoms with E-state index >= 15 is 0 Å². The van der Waals surface area contributed by atoms with E-state index in [2.05, 4.69) is 9.98 Å². The number of nitrogens with zero attached hydrogens (tertiary/aromatic N) is 2. The van der Waals surface area contributed by atoms with Crippen LogP contribution in [0.3, 0.4) is 0 Å². The van der Waals surface area contributed by atoms with Crippen molar-refractivity contribution in [1.82, 2.24) is 4.98 Å². The van der Waals surface area contributed by atoms with Crippen LogP contribution in [0, 0.1) is 6.92 Å². The van der Waals surface area contributed by atoms with Gasteiger partial charge in [-0.1, -0.05) is 0 Å². The number of aromatic hydroxyl groups is 1. The normalized spacial score (nSPS) is 13.0. The number of carbonyl (C=O) groups is 1. The van der Waals surface area contributed by atoms with Crippen molar-refractivity contribution in [3.63, 3.8) is 0 Å². The fourth-order valence-corrected chi connectivity index (χ4v) is 2.52. The molecule has 0 saturated carbocycles. The summed E-state index contributed by atoms with van der Waals surface area (Å²) >= 11 is 0. The van der Waals surface area contributed by atoms with Crippen molar-refractivity contribution < 1.29 is 15.0 Å². The number of aryl methyl sites for hydroxylation is 1. The number of fused-ring (bicyclic) bond motifs is 1. The second-order valence-corrected chi connectivity index (χ2v) is 5.08. The molecule has 1 aromatic carbocycles. The molecule has 2 heterocycles. The van der Waals surface area contributed by atoms with Crippen LogP contribution < -0.4 is 0 Å². The van der Waals surface area contributed by atoms with Gasteiger partial charge in [-0.25, -0.2) is 4.79 Å². The maximum absolute atomic E-state index is 11.5. The second kappa shape index (κ2) is 4.70. The summed E-state index contributed by atoms with van der Waals surface area (Å²) in [5.74, 6) is -0.778. The highest BCUT2D eigenvalue weighted by Crippen LogP contribution is 2.29. The van der Waals surface area contributed by atoms with Crippen LogP contribution in [0.5, 0.6) is 5.75 Å². The molecule has 5 nitrogen and oxygen atoms in total. The Morgan fingerprint density at radius 2 is 2.00 bits per heavy atom. The number of phenols is 1. The third kappa shape index (κ3) is 2.16. The first-order chi connectivity index (χ1) is 9.97. The van der Waals surface area contributed by atoms with Gasteiger partial charge in [-0.05, 0) is 43.7 Å². The Kier molecular flexibility index (Phi) is 2.97. The van der Waals surface area contributed by atoms with Crippen molar-refractivity contribution >= 4 is 11.7 Å². The number of hydrogen-bond acceptors (Lipinski definition) is 4. The zero-order chi connectivity index (χ0) is 15.1. The Labute approximate surface area is 121 Å². The van der Waals surface area contributed by atoms with Gasteiger partial charge in [0, 0.05) is 16.8 Å². The number of aromatic nitrogens is 1. The molecule has 1 aliphatic heterocycles. The molecular weight excluding hydrogens is 268 g/mol. The predicted molar refractivity (Wildman–Crippen MR) is 78.9 cm³/mol. The first-order valence-electron chi connectivity index (χ1n) is 6.56. The van der Waals surface area contributed by atoms with Crippen molar-refractivity contribution in [3.05, 3.63) is 46.6 Å². The summed E-state index contributed by atoms with van der Waals surface area (Å²) < 4.78 is 0. The Bertz CT molecular complexity index is 794. The van der Waals surface area contributed by atoms with E-state index in [4.69, 9.17) is 0 Å². The molecule has 0 bridgehead atoms. The molecule has 1 aliphatic rings. The summed E-state index contributed by atoms with van der Waals surface area (Å²) in [6, 6.07) is 6.67. The van der Waals surface area contributed by atoms with Gasteiger partial charge in [0.15, 0.2) is 0 Å². The minimum atomic E-state index is -0.984. The fourth-order valence-electron chi connectivity index (χ4n) is 2.52. The molecule has 0 aliphatic carbocycles. The number of aromatic carboxylic acids is 1. The van der Waals surface area contributed by atoms with Crippen molar-refractivity contribution in [2.24, 2.45) is 4.99 Å². The third-order valence-corrected chi connectivity index (χ3v) is 3.65. The molecular formula is C16H14N2O3. The Balaban J connectivity index is 2.20. The largest absolute Gasteiger partial charge is 0.508 e. The van der Waals surface area contributed by atoms with Crippen LogP contribution in [-0.4, -0.2) is 26.9 Å². The smallest absolute Gasteiger partial charge is 0.336 e. The average molecular weight is 282 g/mol. The van der Waals surface area contributed by atoms with Crippen LogP contribution in [0.4, 0.5) is 0 Å². The SMILES string of the molecule is CC1=NCc2nc(-c3ccc(O)c(C)c3)cc(C(=O)O)c21. The third-order valence-electron chi connectivity index (χ3n) is 3.65. The van der Waals surface area contributed by atoms with Gasteiger partial charge in [0.25, 0.3) is 0 Å². The van der Waals surface area contributed by atoms with E-state index in [1.165, 1.54) is 0 Å². The van der Waals surface area contributed by atoms with E-state index in [0.717, 1.165) is 11.1 Å². The van der Waals surface area contributed by atoms with Gasteiger partial charge in [-0.15, -0.1) is 0 Å². The monoisotopic (exact) mass is 282 g/mol. The number of carboxylic acids is 1. The number of carboxylic acid groups (broad SMARTS) is 1. The standard InChI is InChI=1S/C16H14N2O3/c1-8-5-10(3-4-14(8)19)12-6-11(16(20)21)15-9(2)17-7-13(15)18-12/h3-6,19H,7H2,1-2H3,(H,20,21). The Morgan fingerprint density at radius 1 is 1.24 bits per heavy atom. The molecule has 1 aromatic heterocycles. The van der Waals surface area contributed by atoms with E-state index in [0.29, 0.717) is 29.2 Å². The van der Waals surface area contributed by atoms with Gasteiger partial charge < -0.3 is 10.2 Å². The molecule has 5 heteroatoms. The van der Waals surface area contributed by atoms with Gasteiger partial charge in [0.1, 0.15) is 5.75 Å². The number of pyridine rings is 1. The van der Waals surface area contributed by atoms with Gasteiger partial charge in [0.2, 0.25) is 0 Å². The molecule has 2 aromatic rings. The van der Waals surface area contributed by atoms with Crippen LogP contribution in [0.1, 0.15) is 34.1 Å². The number of hydrogen-bond donors (Lipinski definition) is 2. The van der Waals surface area contributed by atoms with Crippen LogP contribution in [0.15, 0.2) is 29.3 Å². The molecule has 0 radical (unpaired) electrons. The maximum atomic E-state index is 11.5. The second-order valence-electron chi connectivity index (χ2n) is 5.08. The topological polar surface area (TPSA) is 82.8 Å². The van der Waals surface area contributed by atoms with Crippen molar-refractivity contribution in [1.29, 1.82) is 0 Å². The highest BCUT2D eigenvalue weighted by atomic mass is 16.4. The van der Waals surface area contributed by atoms with Crippen LogP contribution >= 0.6 is 0 Å². The lowest BCUT2D eigenvalue weighted by Gasteiger charge is -2.09. The highest BCUT2D eigenvalue weighted by molar-refractivity contribution is 6.10. The average Bonchev–Trinajstić information content (AvgIpc) is 2.82. The maximum Gasteiger partial charge on any atom is 0.336 e. The molecule has 0 amide bonds. The summed E-state index contributed by atoms with van der Waals surface area (Å²) in [6.07, 6.45) is 0. The number of benzene rings is 1. The lowest BCUT2D eigenvalue weighted by Crippen LogP contribution is -2.08. The van der Waals surface area contributed by atoms with Crippen LogP contribution in [0.25, 0.3) is 11.3 Å². The van der Waals surface area contributed by atoms with E-state index in [1.54, 1.807) is 38.1 Å². The predicted octanol–water partition coefficient (Wildman–Crippen LogP) is 2.78. The quantitative estimate of drug-likeness (QED) is 0.887. The molecule has 21 heavy (non-hydrogen) atoms. The molecule has 0 saturated heterocycles. The van der Waals surface area contributed by atoms with Gasteiger partial charge in [-0.3, -0.25) is 9.98 Å². The summed E-state index contributed by atoms with van der Waals surface area (Å²) in [6.45, 7) is 3.99. The minimum absolute atomic E-state index is 0.206. The van der Waals surface area contributed by atoms with Crippen molar-refractivity contribution in [2.45, 2.75) is 20.4 Å². The van der Waals surface area contributed by atoms with Crippen LogP contribution in [-0.2, 0) is 6.54 Å². The van der Waals surface area contributed by atoms with Crippen molar-refractivity contribution in [3.8, 4) is 17.0 Å². The van der Waals surface area contributed by atoms with Gasteiger partial charge >= 0.3 is 5.97 Å². The summed E-state index contributed by atoms with van der Waals surface area (Å²) in [5, 5.41) is 19.0. The Morgan fingerprint density at radius 3 is 2.67 bits per heavy atom. The zero-order valence-corrected chi connectivity index (χ0v) is 11.7. The van der Waals surface area contributed by atoms with Crippen molar-refractivity contribution in [2.75, 3.05) is 0 Å². The van der Waals surface area contributed by atoms with E-state index in [-0.39, 0.29) is 11.3 Å². The fraction of sp³-hybridized carbons (Fsp3) is 0.188. The molecule has 2 N–H and O–H groups in total. The van der Waals surface area contributed by atoms with Gasteiger partial charge in [-0.2, -0.15) is 0 Å². The summed E-state index contributed by atoms with van der Waals surface area (Å²) in [5.41, 5.74) is 4.33. The number of rotatable bonds is 2. The molecule has 3 rings (SSSR count). The number of aliphatic imine (C=N–C) groups is 1. The molecule has 106 valence electrons. The van der Waals surface area contributed by atoms with Crippen LogP contribution in [0.2, 0.25) is 0 Å². The molecule has 0 unspecified atom stereocenters. The molecule has 0 fully saturated rings. The number of phenolic OH excluding ortho intramolecular Hbond substituents is 1. The summed E-state index contributed by atoms with van der Waals surface area (Å²) in [4.78, 5) is 20.3. The highest BCUT2D eigenvalue weighted by Gasteiger charge is 2.23. The first kappa shape index (κ1) is 13.3. The van der Waals surface area contributed by atoms with Gasteiger partial charge in [0.05, 0.1) is 23.5 Å². The molecule has 0 spiro atoms. The lowest BCUT2D eigenvalue weighted by atomic mass is 10.00. The lowest BCUT2D eigenvalue weighted by molar-refractivity contribution is 0.0696. The Hall–Kier alpha value is -2.69. The van der Waals surface area contributed by atoms with E-state index in [9.17, 15) is 15.0 Å². The molecule has 0 atom stereocenters. The minimum Gasteiger partial charge on any atom is -0.508 e.